The van der Waals surface area contributed by atoms with Crippen molar-refractivity contribution in [2.24, 2.45) is 5.92 Å². The average Bonchev–Trinajstić information content (AvgIpc) is 2.66. The number of ketones is 1. The van der Waals surface area contributed by atoms with Gasteiger partial charge in [0.1, 0.15) is 0 Å². The Balaban J connectivity index is 2.56. The fourth-order valence-corrected chi connectivity index (χ4v) is 2.97. The normalized spacial score (nSPS) is 25.6. The van der Waals surface area contributed by atoms with Crippen LogP contribution in [-0.4, -0.2) is 41.3 Å². The van der Waals surface area contributed by atoms with Crippen LogP contribution >= 0.6 is 0 Å². The molecular formula is C15H28N2O2. The van der Waals surface area contributed by atoms with Crippen molar-refractivity contribution in [3.63, 3.8) is 0 Å². The molecule has 3 unspecified atom stereocenters. The molecular weight excluding hydrogens is 240 g/mol. The third kappa shape index (κ3) is 4.30. The van der Waals surface area contributed by atoms with Crippen LogP contribution in [0.2, 0.25) is 0 Å². The van der Waals surface area contributed by atoms with Gasteiger partial charge in [0, 0.05) is 12.1 Å². The Morgan fingerprint density at radius 2 is 1.95 bits per heavy atom. The van der Waals surface area contributed by atoms with Gasteiger partial charge in [-0.2, -0.15) is 0 Å². The number of carbonyl (C=O) groups excluding carboxylic acids is 2. The molecule has 1 N–H and O–H groups in total. The molecule has 4 nitrogen and oxygen atoms in total. The minimum atomic E-state index is -0.356. The minimum Gasteiger partial charge on any atom is -0.345 e. The van der Waals surface area contributed by atoms with Gasteiger partial charge in [-0.1, -0.05) is 20.8 Å². The second-order valence-corrected chi connectivity index (χ2v) is 6.06. The van der Waals surface area contributed by atoms with E-state index in [4.69, 9.17) is 0 Å². The lowest BCUT2D eigenvalue weighted by atomic mass is 10.0. The highest BCUT2D eigenvalue weighted by Crippen LogP contribution is 2.25. The number of nitrogens with one attached hydrogen (secondary N) is 1. The van der Waals surface area contributed by atoms with Crippen LogP contribution < -0.4 is 5.32 Å². The second-order valence-electron chi connectivity index (χ2n) is 6.06. The van der Waals surface area contributed by atoms with E-state index in [9.17, 15) is 9.59 Å². The molecule has 19 heavy (non-hydrogen) atoms. The molecule has 1 aliphatic heterocycles. The lowest BCUT2D eigenvalue weighted by Crippen LogP contribution is -2.49. The molecule has 0 saturated carbocycles. The van der Waals surface area contributed by atoms with Crippen molar-refractivity contribution in [2.45, 2.75) is 72.0 Å². The highest BCUT2D eigenvalue weighted by molar-refractivity contribution is 5.88. The van der Waals surface area contributed by atoms with Gasteiger partial charge in [-0.15, -0.1) is 0 Å². The smallest absolute Gasteiger partial charge is 0.234 e. The number of carbonyl (C=O) groups is 2. The molecule has 1 saturated heterocycles. The van der Waals surface area contributed by atoms with Gasteiger partial charge in [-0.3, -0.25) is 14.5 Å². The lowest BCUT2D eigenvalue weighted by molar-refractivity contribution is -0.128. The van der Waals surface area contributed by atoms with Crippen molar-refractivity contribution in [3.8, 4) is 0 Å². The first-order valence-corrected chi connectivity index (χ1v) is 7.42. The van der Waals surface area contributed by atoms with Gasteiger partial charge in [0.15, 0.2) is 5.78 Å². The summed E-state index contributed by atoms with van der Waals surface area (Å²) in [6.07, 6.45) is 3.41. The standard InChI is InChI=1S/C15H28N2O2/c1-6-13-8-7-11(4)17(13)9-14(19)16-15(10(2)3)12(5)18/h10-11,13,15H,6-9H2,1-5H3,(H,16,19). The molecule has 0 spiro atoms. The van der Waals surface area contributed by atoms with E-state index in [1.165, 1.54) is 13.3 Å². The third-order valence-corrected chi connectivity index (χ3v) is 4.17. The molecule has 1 fully saturated rings. The second kappa shape index (κ2) is 7.04. The van der Waals surface area contributed by atoms with Crippen molar-refractivity contribution in [1.82, 2.24) is 10.2 Å². The molecule has 4 heteroatoms. The van der Waals surface area contributed by atoms with E-state index in [1.807, 2.05) is 13.8 Å². The Bertz CT molecular complexity index is 328. The first-order valence-electron chi connectivity index (χ1n) is 7.42. The zero-order chi connectivity index (χ0) is 14.6. The summed E-state index contributed by atoms with van der Waals surface area (Å²) in [5, 5.41) is 2.88. The highest BCUT2D eigenvalue weighted by Gasteiger charge is 2.31. The molecule has 0 aromatic heterocycles. The van der Waals surface area contributed by atoms with Crippen molar-refractivity contribution >= 4 is 11.7 Å². The summed E-state index contributed by atoms with van der Waals surface area (Å²) in [5.74, 6) is 0.144. The van der Waals surface area contributed by atoms with Crippen LogP contribution in [0.1, 0.15) is 53.9 Å². The van der Waals surface area contributed by atoms with Crippen molar-refractivity contribution in [2.75, 3.05) is 6.54 Å². The topological polar surface area (TPSA) is 49.4 Å². The maximum atomic E-state index is 12.1. The molecule has 0 aromatic carbocycles. The summed E-state index contributed by atoms with van der Waals surface area (Å²) in [5.41, 5.74) is 0. The van der Waals surface area contributed by atoms with Crippen molar-refractivity contribution < 1.29 is 9.59 Å². The SMILES string of the molecule is CCC1CCC(C)N1CC(=O)NC(C(C)=O)C(C)C. The van der Waals surface area contributed by atoms with Gasteiger partial charge >= 0.3 is 0 Å². The molecule has 1 aliphatic rings. The zero-order valence-corrected chi connectivity index (χ0v) is 12.9. The third-order valence-electron chi connectivity index (χ3n) is 4.17. The van der Waals surface area contributed by atoms with E-state index in [0.29, 0.717) is 18.6 Å². The van der Waals surface area contributed by atoms with E-state index >= 15 is 0 Å². The van der Waals surface area contributed by atoms with Crippen LogP contribution in [0.4, 0.5) is 0 Å². The first-order chi connectivity index (χ1) is 8.86. The Kier molecular flexibility index (Phi) is 5.98. The van der Waals surface area contributed by atoms with E-state index in [-0.39, 0.29) is 23.7 Å². The molecule has 1 amide bonds. The number of hydrogen-bond donors (Lipinski definition) is 1. The Hall–Kier alpha value is -0.900. The van der Waals surface area contributed by atoms with Crippen LogP contribution in [0.15, 0.2) is 0 Å². The first kappa shape index (κ1) is 16.2. The van der Waals surface area contributed by atoms with Crippen molar-refractivity contribution in [1.29, 1.82) is 0 Å². The number of nitrogens with zero attached hydrogens (tertiary/aromatic N) is 1. The van der Waals surface area contributed by atoms with Crippen LogP contribution in [0, 0.1) is 5.92 Å². The van der Waals surface area contributed by atoms with Gasteiger partial charge < -0.3 is 5.32 Å². The molecule has 0 aliphatic carbocycles. The van der Waals surface area contributed by atoms with E-state index in [2.05, 4.69) is 24.1 Å². The van der Waals surface area contributed by atoms with Gasteiger partial charge in [-0.05, 0) is 39.0 Å². The quantitative estimate of drug-likeness (QED) is 0.801. The van der Waals surface area contributed by atoms with Gasteiger partial charge in [0.25, 0.3) is 0 Å². The highest BCUT2D eigenvalue weighted by atomic mass is 16.2. The Labute approximate surface area is 116 Å². The number of likely N-dealkylation sites (tertiary alicyclic amines) is 1. The molecule has 3 atom stereocenters. The molecule has 0 bridgehead atoms. The predicted molar refractivity (Wildman–Crippen MR) is 76.9 cm³/mol. The van der Waals surface area contributed by atoms with Crippen LogP contribution in [0.3, 0.4) is 0 Å². The molecule has 0 aromatic rings. The van der Waals surface area contributed by atoms with Crippen LogP contribution in [0.5, 0.6) is 0 Å². The minimum absolute atomic E-state index is 0.0268. The molecule has 110 valence electrons. The molecule has 1 rings (SSSR count). The number of hydrogen-bond acceptors (Lipinski definition) is 3. The average molecular weight is 268 g/mol. The number of rotatable bonds is 6. The fraction of sp³-hybridized carbons (Fsp3) is 0.867. The van der Waals surface area contributed by atoms with Gasteiger partial charge in [-0.25, -0.2) is 0 Å². The summed E-state index contributed by atoms with van der Waals surface area (Å²) < 4.78 is 0. The lowest BCUT2D eigenvalue weighted by Gasteiger charge is -2.28. The fourth-order valence-electron chi connectivity index (χ4n) is 2.97. The monoisotopic (exact) mass is 268 g/mol. The zero-order valence-electron chi connectivity index (χ0n) is 12.9. The van der Waals surface area contributed by atoms with Crippen LogP contribution in [-0.2, 0) is 9.59 Å². The Morgan fingerprint density at radius 3 is 2.42 bits per heavy atom. The van der Waals surface area contributed by atoms with E-state index in [0.717, 1.165) is 12.8 Å². The summed E-state index contributed by atoms with van der Waals surface area (Å²) in [4.78, 5) is 25.9. The maximum absolute atomic E-state index is 12.1. The number of Topliss-reactive ketones (excluding diaryl/α,β-unsaturated/α-hetero) is 1. The summed E-state index contributed by atoms with van der Waals surface area (Å²) >= 11 is 0. The van der Waals surface area contributed by atoms with Gasteiger partial charge in [0.2, 0.25) is 5.91 Å². The van der Waals surface area contributed by atoms with E-state index in [1.54, 1.807) is 0 Å². The summed E-state index contributed by atoms with van der Waals surface area (Å²) in [6.45, 7) is 10.2. The maximum Gasteiger partial charge on any atom is 0.234 e. The predicted octanol–water partition coefficient (Wildman–Crippen LogP) is 1.98. The molecule has 1 heterocycles. The Morgan fingerprint density at radius 1 is 1.32 bits per heavy atom. The van der Waals surface area contributed by atoms with Crippen molar-refractivity contribution in [3.05, 3.63) is 0 Å². The molecule has 0 radical (unpaired) electrons. The largest absolute Gasteiger partial charge is 0.345 e. The van der Waals surface area contributed by atoms with E-state index < -0.39 is 0 Å². The number of amides is 1. The summed E-state index contributed by atoms with van der Waals surface area (Å²) in [7, 11) is 0. The summed E-state index contributed by atoms with van der Waals surface area (Å²) in [6, 6.07) is 0.617. The van der Waals surface area contributed by atoms with Gasteiger partial charge in [0.05, 0.1) is 12.6 Å². The van der Waals surface area contributed by atoms with Crippen LogP contribution in [0.25, 0.3) is 0 Å².